The van der Waals surface area contributed by atoms with Gasteiger partial charge in [-0.3, -0.25) is 0 Å². The number of Topliss-reactive ketones (excluding diaryl/α,β-unsaturated/α-hetero) is 1. The molecular weight excluding hydrogens is 413 g/mol. The molecule has 0 spiro atoms. The Kier molecular flexibility index (Phi) is 6.71. The quantitative estimate of drug-likeness (QED) is 0.632. The van der Waals surface area contributed by atoms with Gasteiger partial charge in [-0.25, -0.2) is 0 Å². The normalized spacial score (nSPS) is 28.5. The van der Waals surface area contributed by atoms with Crippen LogP contribution in [0.4, 0.5) is 0 Å². The van der Waals surface area contributed by atoms with E-state index in [2.05, 4.69) is 0 Å². The van der Waals surface area contributed by atoms with Gasteiger partial charge in [-0.1, -0.05) is 0 Å². The van der Waals surface area contributed by atoms with Crippen molar-refractivity contribution in [1.29, 1.82) is 0 Å². The van der Waals surface area contributed by atoms with E-state index in [1.54, 1.807) is 0 Å². The Hall–Kier alpha value is -1.24. The SMILES string of the molecule is C[C@@H]1C(CO)O[C@@H](CC(=O)CCCn2[se]c3ccccc3c2=O)C(O)[C@H]1C. The molecule has 1 aliphatic heterocycles. The molecule has 2 heterocycles. The van der Waals surface area contributed by atoms with Crippen LogP contribution < -0.4 is 5.56 Å². The third-order valence-electron chi connectivity index (χ3n) is 5.66. The maximum absolute atomic E-state index is 12.4. The fraction of sp³-hybridized carbons (Fsp3) is 0.600. The molecule has 2 aromatic rings. The predicted octanol–water partition coefficient (Wildman–Crippen LogP) is 1.19. The first-order valence-corrected chi connectivity index (χ1v) is 11.1. The Labute approximate surface area is 164 Å². The van der Waals surface area contributed by atoms with E-state index in [4.69, 9.17) is 4.74 Å². The Balaban J connectivity index is 1.53. The molecule has 2 unspecified atom stereocenters. The molecule has 1 aromatic heterocycles. The molecule has 0 aliphatic carbocycles. The zero-order chi connectivity index (χ0) is 19.6. The molecule has 1 fully saturated rings. The molecule has 0 saturated carbocycles. The van der Waals surface area contributed by atoms with Gasteiger partial charge >= 0.3 is 164 Å². The molecule has 2 N–H and O–H groups in total. The van der Waals surface area contributed by atoms with Crippen LogP contribution in [0, 0.1) is 11.8 Å². The summed E-state index contributed by atoms with van der Waals surface area (Å²) in [6.45, 7) is 4.33. The van der Waals surface area contributed by atoms with E-state index in [1.807, 2.05) is 41.7 Å². The van der Waals surface area contributed by atoms with Crippen molar-refractivity contribution in [3.8, 4) is 0 Å². The van der Waals surface area contributed by atoms with Gasteiger partial charge in [-0.2, -0.15) is 0 Å². The van der Waals surface area contributed by atoms with E-state index in [1.165, 1.54) is 0 Å². The van der Waals surface area contributed by atoms with E-state index < -0.39 is 12.2 Å². The number of aliphatic hydroxyl groups is 2. The number of ether oxygens (including phenoxy) is 1. The van der Waals surface area contributed by atoms with Gasteiger partial charge in [0.15, 0.2) is 0 Å². The number of aliphatic hydroxyl groups excluding tert-OH is 2. The fourth-order valence-corrected chi connectivity index (χ4v) is 5.87. The second-order valence-corrected chi connectivity index (χ2v) is 9.68. The molecule has 1 aliphatic rings. The molecule has 1 saturated heterocycles. The van der Waals surface area contributed by atoms with Crippen LogP contribution in [0.5, 0.6) is 0 Å². The van der Waals surface area contributed by atoms with Gasteiger partial charge in [0.1, 0.15) is 0 Å². The molecule has 148 valence electrons. The number of rotatable bonds is 7. The number of hydrogen-bond donors (Lipinski definition) is 2. The molecule has 0 amide bonds. The van der Waals surface area contributed by atoms with Crippen LogP contribution in [0.25, 0.3) is 9.65 Å². The van der Waals surface area contributed by atoms with Gasteiger partial charge in [0.2, 0.25) is 0 Å². The number of ketones is 1. The number of nitrogens with zero attached hydrogens (tertiary/aromatic N) is 1. The predicted molar refractivity (Wildman–Crippen MR) is 104 cm³/mol. The van der Waals surface area contributed by atoms with Crippen molar-refractivity contribution in [3.05, 3.63) is 34.6 Å². The number of fused-ring (bicyclic) bond motifs is 1. The van der Waals surface area contributed by atoms with E-state index in [0.717, 1.165) is 9.65 Å². The standard InChI is InChI=1S/C20H27NO5Se/c1-12-13(2)19(24)16(26-17(12)11-22)10-14(23)6-5-9-21-20(25)15-7-3-4-8-18(15)27-21/h3-4,7-8,12-13,16-17,19,22,24H,5-6,9-11H2,1-2H3/t12-,13-,16-,17?,19?/m0/s1. The van der Waals surface area contributed by atoms with Crippen molar-refractivity contribution in [3.63, 3.8) is 0 Å². The molecule has 1 aromatic carbocycles. The van der Waals surface area contributed by atoms with E-state index in [-0.39, 0.29) is 57.0 Å². The van der Waals surface area contributed by atoms with Crippen molar-refractivity contribution in [2.24, 2.45) is 11.8 Å². The number of aryl methyl sites for hydroxylation is 1. The average Bonchev–Trinajstić information content (AvgIpc) is 2.98. The van der Waals surface area contributed by atoms with E-state index in [9.17, 15) is 19.8 Å². The fourth-order valence-electron chi connectivity index (χ4n) is 3.71. The summed E-state index contributed by atoms with van der Waals surface area (Å²) in [6, 6.07) is 7.65. The van der Waals surface area contributed by atoms with Gasteiger partial charge < -0.3 is 0 Å². The first-order chi connectivity index (χ1) is 12.9. The van der Waals surface area contributed by atoms with Gasteiger partial charge in [-0.15, -0.1) is 0 Å². The molecule has 0 bridgehead atoms. The summed E-state index contributed by atoms with van der Waals surface area (Å²) in [5.74, 6) is 0.0349. The van der Waals surface area contributed by atoms with Crippen molar-refractivity contribution in [2.45, 2.75) is 58.0 Å². The zero-order valence-corrected chi connectivity index (χ0v) is 17.4. The Morgan fingerprint density at radius 2 is 1.96 bits per heavy atom. The number of aromatic nitrogens is 1. The Morgan fingerprint density at radius 3 is 2.67 bits per heavy atom. The summed E-state index contributed by atoms with van der Waals surface area (Å²) >= 11 is -0.0146. The zero-order valence-electron chi connectivity index (χ0n) is 15.7. The first kappa shape index (κ1) is 20.5. The minimum absolute atomic E-state index is 0.0146. The number of hydrogen-bond acceptors (Lipinski definition) is 5. The van der Waals surface area contributed by atoms with Crippen LogP contribution in [-0.2, 0) is 16.1 Å². The summed E-state index contributed by atoms with van der Waals surface area (Å²) in [5, 5.41) is 20.6. The summed E-state index contributed by atoms with van der Waals surface area (Å²) in [5.41, 5.74) is 0.0534. The van der Waals surface area contributed by atoms with Gasteiger partial charge in [-0.05, 0) is 0 Å². The second kappa shape index (κ2) is 8.84. The monoisotopic (exact) mass is 441 g/mol. The summed E-state index contributed by atoms with van der Waals surface area (Å²) in [4.78, 5) is 24.7. The Morgan fingerprint density at radius 1 is 1.22 bits per heavy atom. The summed E-state index contributed by atoms with van der Waals surface area (Å²) in [6.07, 6.45) is -0.500. The summed E-state index contributed by atoms with van der Waals surface area (Å²) < 4.78 is 8.69. The average molecular weight is 440 g/mol. The second-order valence-electron chi connectivity index (χ2n) is 7.45. The van der Waals surface area contributed by atoms with Crippen LogP contribution >= 0.6 is 0 Å². The van der Waals surface area contributed by atoms with Crippen LogP contribution in [-0.4, -0.2) is 59.2 Å². The van der Waals surface area contributed by atoms with Gasteiger partial charge in [0, 0.05) is 0 Å². The molecular formula is C20H27NO5Se. The molecule has 7 heteroatoms. The van der Waals surface area contributed by atoms with Crippen molar-refractivity contribution in [1.82, 2.24) is 3.56 Å². The van der Waals surface area contributed by atoms with Crippen LogP contribution in [0.2, 0.25) is 0 Å². The van der Waals surface area contributed by atoms with Crippen LogP contribution in [0.3, 0.4) is 0 Å². The maximum atomic E-state index is 12.4. The number of benzene rings is 1. The molecule has 3 rings (SSSR count). The van der Waals surface area contributed by atoms with Gasteiger partial charge in [0.25, 0.3) is 0 Å². The van der Waals surface area contributed by atoms with Gasteiger partial charge in [0.05, 0.1) is 0 Å². The molecule has 5 atom stereocenters. The molecule has 6 nitrogen and oxygen atoms in total. The van der Waals surface area contributed by atoms with Crippen molar-refractivity contribution >= 4 is 30.2 Å². The Bertz CT molecular complexity index is 842. The number of carbonyl (C=O) groups is 1. The molecule has 0 radical (unpaired) electrons. The molecule has 27 heavy (non-hydrogen) atoms. The number of carbonyl (C=O) groups excluding carboxylic acids is 1. The van der Waals surface area contributed by atoms with E-state index in [0.29, 0.717) is 19.4 Å². The topological polar surface area (TPSA) is 88.8 Å². The minimum atomic E-state index is -0.704. The van der Waals surface area contributed by atoms with Crippen LogP contribution in [0.1, 0.15) is 33.1 Å². The third kappa shape index (κ3) is 4.44. The van der Waals surface area contributed by atoms with Crippen molar-refractivity contribution < 1.29 is 19.7 Å². The first-order valence-electron chi connectivity index (χ1n) is 9.47. The third-order valence-corrected chi connectivity index (χ3v) is 8.02. The van der Waals surface area contributed by atoms with E-state index >= 15 is 0 Å². The van der Waals surface area contributed by atoms with Crippen LogP contribution in [0.15, 0.2) is 29.1 Å². The van der Waals surface area contributed by atoms with Crippen molar-refractivity contribution in [2.75, 3.05) is 6.61 Å². The summed E-state index contributed by atoms with van der Waals surface area (Å²) in [7, 11) is 0.